The van der Waals surface area contributed by atoms with Gasteiger partial charge in [-0.05, 0) is 25.8 Å². The van der Waals surface area contributed by atoms with Crippen LogP contribution in [0.1, 0.15) is 37.8 Å². The number of hydrogen-bond donors (Lipinski definition) is 1. The van der Waals surface area contributed by atoms with Crippen molar-refractivity contribution in [1.82, 2.24) is 5.32 Å². The highest BCUT2D eigenvalue weighted by atomic mass is 16.5. The maximum Gasteiger partial charge on any atom is 0.310 e. The fraction of sp³-hybridized carbons (Fsp3) is 0.529. The second-order valence-electron chi connectivity index (χ2n) is 5.23. The molecule has 22 heavy (non-hydrogen) atoms. The summed E-state index contributed by atoms with van der Waals surface area (Å²) >= 11 is 0. The molecule has 0 heterocycles. The lowest BCUT2D eigenvalue weighted by atomic mass is 10.1. The zero-order chi connectivity index (χ0) is 16.5. The molecule has 1 N–H and O–H groups in total. The van der Waals surface area contributed by atoms with E-state index in [9.17, 15) is 9.59 Å². The van der Waals surface area contributed by atoms with E-state index >= 15 is 0 Å². The smallest absolute Gasteiger partial charge is 0.310 e. The quantitative estimate of drug-likeness (QED) is 0.749. The van der Waals surface area contributed by atoms with Crippen LogP contribution in [0, 0.1) is 6.92 Å². The molecule has 0 aliphatic rings. The van der Waals surface area contributed by atoms with Crippen LogP contribution in [0.25, 0.3) is 0 Å². The van der Waals surface area contributed by atoms with E-state index in [-0.39, 0.29) is 25.0 Å². The van der Waals surface area contributed by atoms with Crippen molar-refractivity contribution in [2.75, 3.05) is 13.7 Å². The van der Waals surface area contributed by atoms with Gasteiger partial charge in [0.2, 0.25) is 0 Å². The highest BCUT2D eigenvalue weighted by Gasteiger charge is 2.13. The predicted molar refractivity (Wildman–Crippen MR) is 84.9 cm³/mol. The molecule has 1 amide bonds. The van der Waals surface area contributed by atoms with E-state index in [1.54, 1.807) is 7.11 Å². The van der Waals surface area contributed by atoms with E-state index in [0.717, 1.165) is 24.0 Å². The topological polar surface area (TPSA) is 64.6 Å². The lowest BCUT2D eigenvalue weighted by molar-refractivity contribution is -0.148. The van der Waals surface area contributed by atoms with Gasteiger partial charge >= 0.3 is 5.97 Å². The minimum Gasteiger partial charge on any atom is -0.496 e. The zero-order valence-electron chi connectivity index (χ0n) is 13.8. The highest BCUT2D eigenvalue weighted by Crippen LogP contribution is 2.20. The van der Waals surface area contributed by atoms with E-state index < -0.39 is 5.97 Å². The molecule has 0 saturated carbocycles. The van der Waals surface area contributed by atoms with E-state index in [4.69, 9.17) is 9.47 Å². The maximum absolute atomic E-state index is 11.9. The van der Waals surface area contributed by atoms with E-state index in [1.165, 1.54) is 0 Å². The van der Waals surface area contributed by atoms with Crippen molar-refractivity contribution in [3.8, 4) is 5.75 Å². The monoisotopic (exact) mass is 307 g/mol. The van der Waals surface area contributed by atoms with Crippen molar-refractivity contribution in [3.05, 3.63) is 29.3 Å². The molecule has 5 nitrogen and oxygen atoms in total. The first-order valence-corrected chi connectivity index (χ1v) is 7.58. The third kappa shape index (κ3) is 5.76. The largest absolute Gasteiger partial charge is 0.496 e. The number of nitrogens with one attached hydrogen (secondary N) is 1. The molecule has 0 unspecified atom stereocenters. The molecular formula is C17H25NO4. The third-order valence-electron chi connectivity index (χ3n) is 3.49. The van der Waals surface area contributed by atoms with Crippen LogP contribution in [0.15, 0.2) is 18.2 Å². The Hall–Kier alpha value is -2.04. The Bertz CT molecular complexity index is 509. The number of hydrogen-bond acceptors (Lipinski definition) is 4. The van der Waals surface area contributed by atoms with Gasteiger partial charge in [0.25, 0.3) is 5.91 Å². The van der Waals surface area contributed by atoms with Crippen LogP contribution in [0.5, 0.6) is 5.75 Å². The van der Waals surface area contributed by atoms with Gasteiger partial charge in [-0.3, -0.25) is 9.59 Å². The van der Waals surface area contributed by atoms with Crippen LogP contribution in [0.3, 0.4) is 0 Å². The number of carbonyl (C=O) groups is 2. The normalized spacial score (nSPS) is 10.4. The summed E-state index contributed by atoms with van der Waals surface area (Å²) in [6.45, 7) is 5.70. The van der Waals surface area contributed by atoms with Gasteiger partial charge in [-0.25, -0.2) is 0 Å². The highest BCUT2D eigenvalue weighted by molar-refractivity contribution is 5.81. The van der Waals surface area contributed by atoms with Crippen LogP contribution < -0.4 is 10.1 Å². The van der Waals surface area contributed by atoms with E-state index in [1.807, 2.05) is 39.0 Å². The number of carbonyl (C=O) groups excluding carboxylic acids is 2. The van der Waals surface area contributed by atoms with E-state index in [0.29, 0.717) is 5.75 Å². The van der Waals surface area contributed by atoms with Gasteiger partial charge < -0.3 is 14.8 Å². The van der Waals surface area contributed by atoms with Crippen LogP contribution >= 0.6 is 0 Å². The second-order valence-corrected chi connectivity index (χ2v) is 5.23. The summed E-state index contributed by atoms with van der Waals surface area (Å²) in [5.74, 6) is -0.0640. The van der Waals surface area contributed by atoms with Crippen molar-refractivity contribution < 1.29 is 19.1 Å². The summed E-state index contributed by atoms with van der Waals surface area (Å²) in [5, 5.41) is 2.83. The van der Waals surface area contributed by atoms with Crippen molar-refractivity contribution in [2.24, 2.45) is 0 Å². The first kappa shape index (κ1) is 18.0. The number of rotatable bonds is 8. The molecule has 122 valence electrons. The summed E-state index contributed by atoms with van der Waals surface area (Å²) in [7, 11) is 1.56. The SMILES string of the molecule is CCC(CC)NC(=O)COC(=O)Cc1cc(C)ccc1OC. The maximum atomic E-state index is 11.9. The second kappa shape index (κ2) is 9.07. The lowest BCUT2D eigenvalue weighted by Crippen LogP contribution is -2.37. The molecule has 1 aromatic rings. The molecule has 0 fully saturated rings. The third-order valence-corrected chi connectivity index (χ3v) is 3.49. The fourth-order valence-corrected chi connectivity index (χ4v) is 2.16. The molecule has 1 aromatic carbocycles. The van der Waals surface area contributed by atoms with Crippen LogP contribution in [0.4, 0.5) is 0 Å². The summed E-state index contributed by atoms with van der Waals surface area (Å²) in [5.41, 5.74) is 1.79. The van der Waals surface area contributed by atoms with Gasteiger partial charge in [0.15, 0.2) is 6.61 Å². The van der Waals surface area contributed by atoms with Gasteiger partial charge in [-0.2, -0.15) is 0 Å². The standard InChI is InChI=1S/C17H25NO4/c1-5-14(6-2)18-16(19)11-22-17(20)10-13-9-12(3)7-8-15(13)21-4/h7-9,14H,5-6,10-11H2,1-4H3,(H,18,19). The molecule has 5 heteroatoms. The molecule has 0 aromatic heterocycles. The van der Waals surface area contributed by atoms with Crippen molar-refractivity contribution in [1.29, 1.82) is 0 Å². The minimum atomic E-state index is -0.441. The summed E-state index contributed by atoms with van der Waals surface area (Å²) in [6.07, 6.45) is 1.80. The Morgan fingerprint density at radius 2 is 1.91 bits per heavy atom. The van der Waals surface area contributed by atoms with Crippen LogP contribution in [-0.4, -0.2) is 31.6 Å². The Morgan fingerprint density at radius 1 is 1.23 bits per heavy atom. The van der Waals surface area contributed by atoms with Crippen molar-refractivity contribution in [2.45, 2.75) is 46.1 Å². The van der Waals surface area contributed by atoms with Crippen molar-refractivity contribution in [3.63, 3.8) is 0 Å². The van der Waals surface area contributed by atoms with Gasteiger partial charge in [0, 0.05) is 11.6 Å². The Balaban J connectivity index is 2.50. The molecule has 0 aliphatic heterocycles. The van der Waals surface area contributed by atoms with Gasteiger partial charge in [-0.1, -0.05) is 31.5 Å². The number of aryl methyl sites for hydroxylation is 1. The molecule has 1 rings (SSSR count). The Morgan fingerprint density at radius 3 is 2.50 bits per heavy atom. The minimum absolute atomic E-state index is 0.0864. The number of esters is 1. The molecule has 0 radical (unpaired) electrons. The van der Waals surface area contributed by atoms with Crippen LogP contribution in [-0.2, 0) is 20.7 Å². The number of ether oxygens (including phenoxy) is 2. The Labute approximate surface area is 132 Å². The fourth-order valence-electron chi connectivity index (χ4n) is 2.16. The van der Waals surface area contributed by atoms with Crippen molar-refractivity contribution >= 4 is 11.9 Å². The Kier molecular flexibility index (Phi) is 7.43. The predicted octanol–water partition coefficient (Wildman–Crippen LogP) is 2.39. The average Bonchev–Trinajstić information content (AvgIpc) is 2.51. The summed E-state index contributed by atoms with van der Waals surface area (Å²) in [4.78, 5) is 23.6. The van der Waals surface area contributed by atoms with E-state index in [2.05, 4.69) is 5.32 Å². The zero-order valence-corrected chi connectivity index (χ0v) is 13.8. The first-order chi connectivity index (χ1) is 10.5. The number of benzene rings is 1. The molecule has 0 spiro atoms. The molecule has 0 aliphatic carbocycles. The molecule has 0 atom stereocenters. The summed E-state index contributed by atoms with van der Waals surface area (Å²) in [6, 6.07) is 5.74. The van der Waals surface area contributed by atoms with Gasteiger partial charge in [-0.15, -0.1) is 0 Å². The van der Waals surface area contributed by atoms with Gasteiger partial charge in [0.1, 0.15) is 5.75 Å². The molecule has 0 bridgehead atoms. The lowest BCUT2D eigenvalue weighted by Gasteiger charge is -2.14. The number of methoxy groups -OCH3 is 1. The summed E-state index contributed by atoms with van der Waals surface area (Å²) < 4.78 is 10.3. The van der Waals surface area contributed by atoms with Crippen LogP contribution in [0.2, 0.25) is 0 Å². The molecule has 0 saturated heterocycles. The average molecular weight is 307 g/mol. The van der Waals surface area contributed by atoms with Gasteiger partial charge in [0.05, 0.1) is 13.5 Å². The first-order valence-electron chi connectivity index (χ1n) is 7.58. The molecular weight excluding hydrogens is 282 g/mol. The number of amides is 1.